The summed E-state index contributed by atoms with van der Waals surface area (Å²) < 4.78 is 7.92. The predicted octanol–water partition coefficient (Wildman–Crippen LogP) is 3.77. The smallest absolute Gasteiger partial charge is 0.228 e. The number of nitrogen functional groups attached to an aromatic ring is 1. The molecule has 1 fully saturated rings. The highest BCUT2D eigenvalue weighted by molar-refractivity contribution is 5.83. The van der Waals surface area contributed by atoms with Crippen molar-refractivity contribution in [2.24, 2.45) is 0 Å². The maximum absolute atomic E-state index is 6.07. The maximum atomic E-state index is 6.07. The summed E-state index contributed by atoms with van der Waals surface area (Å²) in [6, 6.07) is 14.9. The van der Waals surface area contributed by atoms with Crippen LogP contribution in [-0.2, 0) is 11.3 Å². The Kier molecular flexibility index (Phi) is 5.35. The third-order valence-electron chi connectivity index (χ3n) is 6.76. The molecule has 2 aromatic heterocycles. The molecule has 1 saturated heterocycles. The van der Waals surface area contributed by atoms with Gasteiger partial charge >= 0.3 is 0 Å². The second-order valence-corrected chi connectivity index (χ2v) is 9.04. The Bertz CT molecular complexity index is 1330. The summed E-state index contributed by atoms with van der Waals surface area (Å²) in [5.41, 5.74) is 10.6. The van der Waals surface area contributed by atoms with Gasteiger partial charge in [-0.3, -0.25) is 4.90 Å². The Morgan fingerprint density at radius 2 is 2.03 bits per heavy atom. The van der Waals surface area contributed by atoms with E-state index in [2.05, 4.69) is 67.6 Å². The second kappa shape index (κ2) is 8.66. The van der Waals surface area contributed by atoms with E-state index in [0.717, 1.165) is 48.9 Å². The van der Waals surface area contributed by atoms with Crippen molar-refractivity contribution < 1.29 is 4.74 Å². The zero-order valence-corrected chi connectivity index (χ0v) is 19.2. The normalized spacial score (nSPS) is 20.5. The Balaban J connectivity index is 1.27. The number of hydrogen-bond acceptors (Lipinski definition) is 8. The minimum absolute atomic E-state index is 0.0339. The lowest BCUT2D eigenvalue weighted by atomic mass is 10.1. The highest BCUT2D eigenvalue weighted by Crippen LogP contribution is 2.32. The molecule has 0 saturated carbocycles. The third-order valence-corrected chi connectivity index (χ3v) is 6.76. The molecule has 0 aliphatic carbocycles. The Labute approximate surface area is 198 Å². The molecule has 2 atom stereocenters. The van der Waals surface area contributed by atoms with E-state index in [4.69, 9.17) is 10.5 Å². The van der Waals surface area contributed by atoms with Gasteiger partial charge in [-0.2, -0.15) is 20.1 Å². The number of nitrogens with zero attached hydrogens (tertiary/aromatic N) is 6. The van der Waals surface area contributed by atoms with Gasteiger partial charge in [0.2, 0.25) is 11.9 Å². The highest BCUT2D eigenvalue weighted by atomic mass is 16.5. The van der Waals surface area contributed by atoms with E-state index in [1.54, 1.807) is 0 Å². The SMILES string of the molecule is CN1Cc2ccccc2C1CNc1nc(N)nc(-c2ccc3cnn(C4CCCCO4)c3c2)n1. The standard InChI is InChI=1S/C25H28N8O/c1-32-15-18-6-2-3-7-19(18)21(32)14-27-25-30-23(29-24(26)31-25)16-9-10-17-13-28-33(20(17)12-16)22-8-4-5-11-34-22/h2-3,6-7,9-10,12-13,21-22H,4-5,8,11,14-15H2,1H3,(H3,26,27,29,30,31). The zero-order chi connectivity index (χ0) is 23.1. The zero-order valence-electron chi connectivity index (χ0n) is 19.2. The first-order valence-corrected chi connectivity index (χ1v) is 11.8. The summed E-state index contributed by atoms with van der Waals surface area (Å²) >= 11 is 0. The summed E-state index contributed by atoms with van der Waals surface area (Å²) in [5.74, 6) is 1.20. The van der Waals surface area contributed by atoms with Crippen LogP contribution in [-0.4, -0.2) is 49.8 Å². The Morgan fingerprint density at radius 3 is 2.91 bits per heavy atom. The number of aromatic nitrogens is 5. The summed E-state index contributed by atoms with van der Waals surface area (Å²) in [7, 11) is 2.13. The van der Waals surface area contributed by atoms with E-state index >= 15 is 0 Å². The number of hydrogen-bond donors (Lipinski definition) is 2. The summed E-state index contributed by atoms with van der Waals surface area (Å²) in [6.45, 7) is 2.39. The van der Waals surface area contributed by atoms with E-state index in [0.29, 0.717) is 18.3 Å². The maximum Gasteiger partial charge on any atom is 0.228 e. The van der Waals surface area contributed by atoms with Crippen molar-refractivity contribution in [3.8, 4) is 11.4 Å². The fraction of sp³-hybridized carbons (Fsp3) is 0.360. The summed E-state index contributed by atoms with van der Waals surface area (Å²) in [5, 5.41) is 9.02. The largest absolute Gasteiger partial charge is 0.368 e. The molecule has 2 aliphatic heterocycles. The number of rotatable bonds is 5. The second-order valence-electron chi connectivity index (χ2n) is 9.04. The van der Waals surface area contributed by atoms with Crippen LogP contribution in [0.25, 0.3) is 22.3 Å². The van der Waals surface area contributed by atoms with Crippen molar-refractivity contribution in [3.05, 3.63) is 59.8 Å². The first-order chi connectivity index (χ1) is 16.7. The predicted molar refractivity (Wildman–Crippen MR) is 131 cm³/mol. The molecule has 4 aromatic rings. The molecule has 6 rings (SSSR count). The lowest BCUT2D eigenvalue weighted by Gasteiger charge is -2.23. The number of anilines is 2. The fourth-order valence-electron chi connectivity index (χ4n) is 5.00. The lowest BCUT2D eigenvalue weighted by Crippen LogP contribution is -2.24. The van der Waals surface area contributed by atoms with Crippen molar-refractivity contribution in [1.82, 2.24) is 29.6 Å². The van der Waals surface area contributed by atoms with Crippen LogP contribution in [0, 0.1) is 0 Å². The molecular formula is C25H28N8O. The molecule has 2 unspecified atom stereocenters. The number of nitrogens with one attached hydrogen (secondary N) is 1. The number of nitrogens with two attached hydrogens (primary N) is 1. The van der Waals surface area contributed by atoms with E-state index in [9.17, 15) is 0 Å². The number of benzene rings is 2. The molecule has 2 aromatic carbocycles. The van der Waals surface area contributed by atoms with Gasteiger partial charge in [0.05, 0.1) is 17.8 Å². The molecule has 4 heterocycles. The topological polar surface area (TPSA) is 107 Å². The van der Waals surface area contributed by atoms with Gasteiger partial charge in [0.15, 0.2) is 12.1 Å². The molecule has 0 amide bonds. The van der Waals surface area contributed by atoms with Crippen LogP contribution in [0.2, 0.25) is 0 Å². The molecule has 34 heavy (non-hydrogen) atoms. The van der Waals surface area contributed by atoms with Crippen LogP contribution in [0.3, 0.4) is 0 Å². The molecule has 0 spiro atoms. The van der Waals surface area contributed by atoms with Gasteiger partial charge in [-0.1, -0.05) is 36.4 Å². The molecule has 0 radical (unpaired) electrons. The Hall–Kier alpha value is -3.56. The molecule has 0 bridgehead atoms. The van der Waals surface area contributed by atoms with Gasteiger partial charge in [0, 0.05) is 30.6 Å². The van der Waals surface area contributed by atoms with Gasteiger partial charge in [0.25, 0.3) is 0 Å². The van der Waals surface area contributed by atoms with E-state index < -0.39 is 0 Å². The Morgan fingerprint density at radius 1 is 1.12 bits per heavy atom. The van der Waals surface area contributed by atoms with Crippen LogP contribution >= 0.6 is 0 Å². The van der Waals surface area contributed by atoms with Gasteiger partial charge in [-0.25, -0.2) is 4.68 Å². The van der Waals surface area contributed by atoms with Gasteiger partial charge in [0.1, 0.15) is 0 Å². The van der Waals surface area contributed by atoms with Crippen molar-refractivity contribution in [2.75, 3.05) is 31.2 Å². The van der Waals surface area contributed by atoms with Gasteiger partial charge in [-0.05, 0) is 43.5 Å². The van der Waals surface area contributed by atoms with Crippen molar-refractivity contribution in [2.45, 2.75) is 38.1 Å². The van der Waals surface area contributed by atoms with Crippen LogP contribution in [0.5, 0.6) is 0 Å². The first-order valence-electron chi connectivity index (χ1n) is 11.8. The molecule has 3 N–H and O–H groups in total. The van der Waals surface area contributed by atoms with Crippen LogP contribution in [0.15, 0.2) is 48.7 Å². The number of likely N-dealkylation sites (N-methyl/N-ethyl adjacent to an activating group) is 1. The van der Waals surface area contributed by atoms with Crippen LogP contribution in [0.1, 0.15) is 42.7 Å². The monoisotopic (exact) mass is 456 g/mol. The average Bonchev–Trinajstić information content (AvgIpc) is 3.42. The minimum atomic E-state index is -0.0339. The van der Waals surface area contributed by atoms with Crippen molar-refractivity contribution >= 4 is 22.8 Å². The third kappa shape index (κ3) is 3.86. The van der Waals surface area contributed by atoms with E-state index in [-0.39, 0.29) is 18.2 Å². The van der Waals surface area contributed by atoms with Crippen LogP contribution in [0.4, 0.5) is 11.9 Å². The molecule has 9 nitrogen and oxygen atoms in total. The quantitative estimate of drug-likeness (QED) is 0.467. The van der Waals surface area contributed by atoms with Gasteiger partial charge < -0.3 is 15.8 Å². The van der Waals surface area contributed by atoms with Crippen molar-refractivity contribution in [3.63, 3.8) is 0 Å². The van der Waals surface area contributed by atoms with Crippen LogP contribution < -0.4 is 11.1 Å². The van der Waals surface area contributed by atoms with Gasteiger partial charge in [-0.15, -0.1) is 0 Å². The number of fused-ring (bicyclic) bond motifs is 2. The fourth-order valence-corrected chi connectivity index (χ4v) is 5.00. The molecule has 174 valence electrons. The molecular weight excluding hydrogens is 428 g/mol. The first kappa shape index (κ1) is 21.0. The molecule has 2 aliphatic rings. The number of ether oxygens (including phenoxy) is 1. The summed E-state index contributed by atoms with van der Waals surface area (Å²) in [6.07, 6.45) is 5.05. The lowest BCUT2D eigenvalue weighted by molar-refractivity contribution is -0.0366. The van der Waals surface area contributed by atoms with E-state index in [1.165, 1.54) is 11.1 Å². The average molecular weight is 457 g/mol. The minimum Gasteiger partial charge on any atom is -0.368 e. The highest BCUT2D eigenvalue weighted by Gasteiger charge is 2.27. The molecule has 9 heteroatoms. The summed E-state index contributed by atoms with van der Waals surface area (Å²) in [4.78, 5) is 15.8. The van der Waals surface area contributed by atoms with E-state index in [1.807, 2.05) is 23.0 Å². The van der Waals surface area contributed by atoms with Crippen molar-refractivity contribution in [1.29, 1.82) is 0 Å².